The third kappa shape index (κ3) is 2.64. The van der Waals surface area contributed by atoms with Gasteiger partial charge in [-0.3, -0.25) is 9.59 Å². The molecule has 0 aliphatic carbocycles. The number of carbonyl (C=O) groups excluding carboxylic acids is 1. The highest BCUT2D eigenvalue weighted by molar-refractivity contribution is 5.73. The quantitative estimate of drug-likeness (QED) is 0.716. The average molecular weight is 232 g/mol. The minimum Gasteiger partial charge on any atom is -0.365 e. The van der Waals surface area contributed by atoms with Gasteiger partial charge in [-0.15, -0.1) is 0 Å². The first-order valence-electron chi connectivity index (χ1n) is 5.78. The molecular formula is C13H16N2O2. The maximum atomic E-state index is 11.8. The van der Waals surface area contributed by atoms with Crippen LogP contribution in [0, 0.1) is 0 Å². The van der Waals surface area contributed by atoms with Crippen molar-refractivity contribution in [2.24, 2.45) is 0 Å². The highest BCUT2D eigenvalue weighted by atomic mass is 16.2. The fraction of sp³-hybridized carbons (Fsp3) is 0.385. The van der Waals surface area contributed by atoms with E-state index >= 15 is 0 Å². The molecule has 0 atom stereocenters. The highest BCUT2D eigenvalue weighted by Crippen LogP contribution is 2.10. The van der Waals surface area contributed by atoms with Gasteiger partial charge in [-0.2, -0.15) is 0 Å². The SMILES string of the molecule is CC(=O)N1CCN(c2cccccc2=O)CC1. The first-order chi connectivity index (χ1) is 8.18. The van der Waals surface area contributed by atoms with Crippen LogP contribution in [-0.4, -0.2) is 37.0 Å². The van der Waals surface area contributed by atoms with Gasteiger partial charge in [0.25, 0.3) is 0 Å². The summed E-state index contributed by atoms with van der Waals surface area (Å²) in [6.45, 7) is 4.40. The lowest BCUT2D eigenvalue weighted by molar-refractivity contribution is -0.129. The van der Waals surface area contributed by atoms with Gasteiger partial charge in [0.15, 0.2) is 0 Å². The summed E-state index contributed by atoms with van der Waals surface area (Å²) in [4.78, 5) is 26.9. The Balaban J connectivity index is 2.14. The first-order valence-corrected chi connectivity index (χ1v) is 5.78. The standard InChI is InChI=1S/C13H16N2O2/c1-11(16)14-7-9-15(10-8-14)12-5-3-2-4-6-13(12)17/h2-6H,7-10H2,1H3. The largest absolute Gasteiger partial charge is 0.365 e. The summed E-state index contributed by atoms with van der Waals surface area (Å²) in [6.07, 6.45) is 0. The van der Waals surface area contributed by atoms with Crippen molar-refractivity contribution < 1.29 is 4.79 Å². The van der Waals surface area contributed by atoms with E-state index < -0.39 is 0 Å². The topological polar surface area (TPSA) is 40.6 Å². The molecule has 1 saturated heterocycles. The van der Waals surface area contributed by atoms with E-state index in [1.165, 1.54) is 0 Å². The van der Waals surface area contributed by atoms with Crippen LogP contribution in [0.2, 0.25) is 0 Å². The molecule has 0 bridgehead atoms. The van der Waals surface area contributed by atoms with Crippen molar-refractivity contribution >= 4 is 11.6 Å². The van der Waals surface area contributed by atoms with Gasteiger partial charge in [0.2, 0.25) is 11.3 Å². The lowest BCUT2D eigenvalue weighted by Crippen LogP contribution is -2.49. The summed E-state index contributed by atoms with van der Waals surface area (Å²) >= 11 is 0. The molecule has 2 rings (SSSR count). The maximum Gasteiger partial charge on any atom is 0.219 e. The van der Waals surface area contributed by atoms with Crippen molar-refractivity contribution in [3.63, 3.8) is 0 Å². The Morgan fingerprint density at radius 1 is 1.06 bits per heavy atom. The van der Waals surface area contributed by atoms with Gasteiger partial charge in [-0.25, -0.2) is 0 Å². The zero-order valence-electron chi connectivity index (χ0n) is 9.93. The van der Waals surface area contributed by atoms with Crippen molar-refractivity contribution in [3.05, 3.63) is 40.6 Å². The molecule has 1 heterocycles. The second-order valence-corrected chi connectivity index (χ2v) is 4.15. The minimum atomic E-state index is 0.0336. The highest BCUT2D eigenvalue weighted by Gasteiger charge is 2.19. The molecule has 0 saturated carbocycles. The summed E-state index contributed by atoms with van der Waals surface area (Å²) < 4.78 is 0. The third-order valence-corrected chi connectivity index (χ3v) is 3.04. The second kappa shape index (κ2) is 4.99. The number of hydrogen-bond donors (Lipinski definition) is 0. The third-order valence-electron chi connectivity index (χ3n) is 3.04. The van der Waals surface area contributed by atoms with E-state index in [1.807, 2.05) is 28.0 Å². The predicted molar refractivity (Wildman–Crippen MR) is 67.2 cm³/mol. The van der Waals surface area contributed by atoms with Gasteiger partial charge in [-0.05, 0) is 12.1 Å². The molecule has 0 radical (unpaired) electrons. The molecule has 1 aliphatic rings. The fourth-order valence-corrected chi connectivity index (χ4v) is 2.04. The molecule has 0 spiro atoms. The second-order valence-electron chi connectivity index (χ2n) is 4.15. The maximum absolute atomic E-state index is 11.8. The zero-order valence-corrected chi connectivity index (χ0v) is 9.93. The van der Waals surface area contributed by atoms with Gasteiger partial charge in [0.1, 0.15) is 0 Å². The summed E-state index contributed by atoms with van der Waals surface area (Å²) in [7, 11) is 0. The Bertz CT molecular complexity index is 465. The summed E-state index contributed by atoms with van der Waals surface area (Å²) in [5, 5.41) is 0. The Kier molecular flexibility index (Phi) is 3.42. The number of rotatable bonds is 1. The van der Waals surface area contributed by atoms with Crippen molar-refractivity contribution in [2.45, 2.75) is 6.92 Å². The van der Waals surface area contributed by atoms with Crippen molar-refractivity contribution in [3.8, 4) is 0 Å². The minimum absolute atomic E-state index is 0.0336. The molecule has 1 aromatic rings. The Labute approximate surface area is 100 Å². The van der Waals surface area contributed by atoms with Gasteiger partial charge in [0, 0.05) is 33.1 Å². The number of hydrogen-bond acceptors (Lipinski definition) is 3. The molecule has 90 valence electrons. The molecule has 1 aliphatic heterocycles. The van der Waals surface area contributed by atoms with Gasteiger partial charge >= 0.3 is 0 Å². The van der Waals surface area contributed by atoms with Crippen LogP contribution in [-0.2, 0) is 4.79 Å². The first kappa shape index (κ1) is 11.6. The van der Waals surface area contributed by atoms with Crippen LogP contribution < -0.4 is 10.3 Å². The molecule has 0 aromatic heterocycles. The molecular weight excluding hydrogens is 216 g/mol. The lowest BCUT2D eigenvalue weighted by atomic mass is 10.2. The van der Waals surface area contributed by atoms with E-state index in [9.17, 15) is 9.59 Å². The summed E-state index contributed by atoms with van der Waals surface area (Å²) in [5.41, 5.74) is 0.754. The van der Waals surface area contributed by atoms with Crippen LogP contribution >= 0.6 is 0 Å². The van der Waals surface area contributed by atoms with Crippen LogP contribution in [0.4, 0.5) is 5.69 Å². The van der Waals surface area contributed by atoms with E-state index in [1.54, 1.807) is 19.1 Å². The zero-order chi connectivity index (χ0) is 12.3. The van der Waals surface area contributed by atoms with Crippen LogP contribution in [0.5, 0.6) is 0 Å². The van der Waals surface area contributed by atoms with Crippen molar-refractivity contribution in [1.82, 2.24) is 4.90 Å². The van der Waals surface area contributed by atoms with E-state index in [0.29, 0.717) is 13.1 Å². The molecule has 1 aromatic carbocycles. The summed E-state index contributed by atoms with van der Waals surface area (Å²) in [5.74, 6) is 0.102. The smallest absolute Gasteiger partial charge is 0.219 e. The molecule has 17 heavy (non-hydrogen) atoms. The van der Waals surface area contributed by atoms with Gasteiger partial charge < -0.3 is 9.80 Å². The monoisotopic (exact) mass is 232 g/mol. The van der Waals surface area contributed by atoms with Crippen LogP contribution in [0.3, 0.4) is 0 Å². The molecule has 0 unspecified atom stereocenters. The van der Waals surface area contributed by atoms with E-state index in [4.69, 9.17) is 0 Å². The Hall–Kier alpha value is -1.84. The normalized spacial score (nSPS) is 15.8. The number of piperazine rings is 1. The van der Waals surface area contributed by atoms with E-state index in [0.717, 1.165) is 18.8 Å². The van der Waals surface area contributed by atoms with E-state index in [-0.39, 0.29) is 11.3 Å². The van der Waals surface area contributed by atoms with Gasteiger partial charge in [0.05, 0.1) is 5.69 Å². The Morgan fingerprint density at radius 2 is 1.71 bits per heavy atom. The number of nitrogens with zero attached hydrogens (tertiary/aromatic N) is 2. The van der Waals surface area contributed by atoms with Crippen molar-refractivity contribution in [2.75, 3.05) is 31.1 Å². The molecule has 4 nitrogen and oxygen atoms in total. The molecule has 0 N–H and O–H groups in total. The average Bonchev–Trinajstić information content (AvgIpc) is 2.54. The molecule has 4 heteroatoms. The molecule has 1 amide bonds. The lowest BCUT2D eigenvalue weighted by Gasteiger charge is -2.35. The summed E-state index contributed by atoms with van der Waals surface area (Å²) in [6, 6.07) is 8.88. The van der Waals surface area contributed by atoms with Crippen LogP contribution in [0.1, 0.15) is 6.92 Å². The number of anilines is 1. The number of amides is 1. The predicted octanol–water partition coefficient (Wildman–Crippen LogP) is 0.715. The van der Waals surface area contributed by atoms with Crippen LogP contribution in [0.25, 0.3) is 0 Å². The van der Waals surface area contributed by atoms with E-state index in [2.05, 4.69) is 0 Å². The number of carbonyl (C=O) groups is 1. The van der Waals surface area contributed by atoms with Crippen molar-refractivity contribution in [1.29, 1.82) is 0 Å². The Morgan fingerprint density at radius 3 is 2.35 bits per heavy atom. The van der Waals surface area contributed by atoms with Gasteiger partial charge in [-0.1, -0.05) is 18.2 Å². The molecule has 1 fully saturated rings. The fourth-order valence-electron chi connectivity index (χ4n) is 2.04. The van der Waals surface area contributed by atoms with Crippen LogP contribution in [0.15, 0.2) is 35.1 Å².